The van der Waals surface area contributed by atoms with Crippen LogP contribution in [0.2, 0.25) is 0 Å². The molecule has 1 aliphatic carbocycles. The first kappa shape index (κ1) is 13.4. The third kappa shape index (κ3) is 3.69. The summed E-state index contributed by atoms with van der Waals surface area (Å²) in [5, 5.41) is 3.55. The Kier molecular flexibility index (Phi) is 5.30. The molecule has 2 unspecified atom stereocenters. The van der Waals surface area contributed by atoms with E-state index in [2.05, 4.69) is 24.1 Å². The minimum absolute atomic E-state index is 0.810. The highest BCUT2D eigenvalue weighted by Crippen LogP contribution is 2.30. The second-order valence-electron chi connectivity index (χ2n) is 6.09. The Morgan fingerprint density at radius 1 is 1.18 bits per heavy atom. The van der Waals surface area contributed by atoms with E-state index in [-0.39, 0.29) is 0 Å². The molecular weight excluding hydrogens is 208 g/mol. The molecule has 0 spiro atoms. The van der Waals surface area contributed by atoms with Crippen LogP contribution in [-0.4, -0.2) is 37.1 Å². The monoisotopic (exact) mass is 238 g/mol. The topological polar surface area (TPSA) is 15.3 Å². The molecule has 100 valence electrons. The van der Waals surface area contributed by atoms with Crippen LogP contribution >= 0.6 is 0 Å². The van der Waals surface area contributed by atoms with Crippen molar-refractivity contribution in [1.29, 1.82) is 0 Å². The predicted molar refractivity (Wildman–Crippen MR) is 74.3 cm³/mol. The van der Waals surface area contributed by atoms with Gasteiger partial charge in [-0.05, 0) is 64.1 Å². The molecular formula is C15H30N2. The van der Waals surface area contributed by atoms with Crippen molar-refractivity contribution >= 4 is 0 Å². The maximum Gasteiger partial charge on any atom is 0.00952 e. The highest BCUT2D eigenvalue weighted by atomic mass is 15.2. The van der Waals surface area contributed by atoms with Gasteiger partial charge < -0.3 is 10.2 Å². The van der Waals surface area contributed by atoms with E-state index in [1.54, 1.807) is 0 Å². The van der Waals surface area contributed by atoms with E-state index in [9.17, 15) is 0 Å². The van der Waals surface area contributed by atoms with Crippen LogP contribution in [0.15, 0.2) is 0 Å². The molecule has 2 nitrogen and oxygen atoms in total. The second-order valence-corrected chi connectivity index (χ2v) is 6.09. The van der Waals surface area contributed by atoms with Gasteiger partial charge in [-0.25, -0.2) is 0 Å². The molecule has 1 saturated carbocycles. The van der Waals surface area contributed by atoms with Crippen LogP contribution in [0.5, 0.6) is 0 Å². The maximum absolute atomic E-state index is 3.55. The van der Waals surface area contributed by atoms with E-state index in [4.69, 9.17) is 0 Å². The fourth-order valence-corrected chi connectivity index (χ4v) is 3.73. The largest absolute Gasteiger partial charge is 0.316 e. The van der Waals surface area contributed by atoms with Gasteiger partial charge in [-0.1, -0.05) is 19.8 Å². The van der Waals surface area contributed by atoms with Gasteiger partial charge in [-0.15, -0.1) is 0 Å². The van der Waals surface area contributed by atoms with Gasteiger partial charge in [0.1, 0.15) is 0 Å². The molecule has 0 aromatic carbocycles. The van der Waals surface area contributed by atoms with Crippen LogP contribution in [0.1, 0.15) is 52.4 Å². The molecule has 0 aromatic rings. The Morgan fingerprint density at radius 2 is 1.94 bits per heavy atom. The van der Waals surface area contributed by atoms with Gasteiger partial charge in [-0.2, -0.15) is 0 Å². The molecule has 1 aliphatic heterocycles. The standard InChI is InChI=1S/C15H30N2/c1-3-17(12-14-7-6-10-16-11-14)13(2)15-8-4-5-9-15/h13-16H,3-12H2,1-2H3. The summed E-state index contributed by atoms with van der Waals surface area (Å²) < 4.78 is 0. The summed E-state index contributed by atoms with van der Waals surface area (Å²) in [5.41, 5.74) is 0. The van der Waals surface area contributed by atoms with E-state index in [1.165, 1.54) is 64.7 Å². The van der Waals surface area contributed by atoms with E-state index in [0.29, 0.717) is 0 Å². The van der Waals surface area contributed by atoms with Gasteiger partial charge in [-0.3, -0.25) is 0 Å². The Labute approximate surface area is 107 Å². The number of nitrogens with zero attached hydrogens (tertiary/aromatic N) is 1. The molecule has 0 bridgehead atoms. The van der Waals surface area contributed by atoms with Gasteiger partial charge >= 0.3 is 0 Å². The summed E-state index contributed by atoms with van der Waals surface area (Å²) in [4.78, 5) is 2.74. The Morgan fingerprint density at radius 3 is 2.53 bits per heavy atom. The van der Waals surface area contributed by atoms with Crippen molar-refractivity contribution in [2.75, 3.05) is 26.2 Å². The lowest BCUT2D eigenvalue weighted by Gasteiger charge is -2.36. The van der Waals surface area contributed by atoms with Gasteiger partial charge in [0.15, 0.2) is 0 Å². The molecule has 2 heteroatoms. The molecule has 2 aliphatic rings. The number of hydrogen-bond acceptors (Lipinski definition) is 2. The Bertz CT molecular complexity index is 205. The molecule has 0 radical (unpaired) electrons. The zero-order chi connectivity index (χ0) is 12.1. The molecule has 1 N–H and O–H groups in total. The molecule has 1 saturated heterocycles. The number of piperidine rings is 1. The zero-order valence-corrected chi connectivity index (χ0v) is 11.8. The van der Waals surface area contributed by atoms with Crippen molar-refractivity contribution in [2.45, 2.75) is 58.4 Å². The normalized spacial score (nSPS) is 28.8. The first-order valence-electron chi connectivity index (χ1n) is 7.76. The number of rotatable bonds is 5. The van der Waals surface area contributed by atoms with Gasteiger partial charge in [0, 0.05) is 12.6 Å². The summed E-state index contributed by atoms with van der Waals surface area (Å²) in [6.07, 6.45) is 8.69. The average molecular weight is 238 g/mol. The van der Waals surface area contributed by atoms with Crippen LogP contribution in [0.4, 0.5) is 0 Å². The van der Waals surface area contributed by atoms with E-state index >= 15 is 0 Å². The summed E-state index contributed by atoms with van der Waals surface area (Å²) in [6, 6.07) is 0.810. The lowest BCUT2D eigenvalue weighted by molar-refractivity contribution is 0.130. The number of nitrogens with one attached hydrogen (secondary N) is 1. The third-order valence-corrected chi connectivity index (χ3v) is 4.96. The first-order valence-corrected chi connectivity index (χ1v) is 7.76. The second kappa shape index (κ2) is 6.75. The van der Waals surface area contributed by atoms with E-state index in [0.717, 1.165) is 17.9 Å². The Balaban J connectivity index is 1.81. The molecule has 1 heterocycles. The number of hydrogen-bond donors (Lipinski definition) is 1. The van der Waals surface area contributed by atoms with Crippen molar-refractivity contribution in [3.8, 4) is 0 Å². The third-order valence-electron chi connectivity index (χ3n) is 4.96. The van der Waals surface area contributed by atoms with Crippen LogP contribution in [0.25, 0.3) is 0 Å². The summed E-state index contributed by atoms with van der Waals surface area (Å²) in [7, 11) is 0. The van der Waals surface area contributed by atoms with Crippen molar-refractivity contribution in [2.24, 2.45) is 11.8 Å². The molecule has 0 aromatic heterocycles. The minimum atomic E-state index is 0.810. The van der Waals surface area contributed by atoms with Crippen LogP contribution in [0, 0.1) is 11.8 Å². The predicted octanol–water partition coefficient (Wildman–Crippen LogP) is 2.89. The quantitative estimate of drug-likeness (QED) is 0.792. The lowest BCUT2D eigenvalue weighted by atomic mass is 9.94. The van der Waals surface area contributed by atoms with Gasteiger partial charge in [0.05, 0.1) is 0 Å². The van der Waals surface area contributed by atoms with Crippen molar-refractivity contribution in [1.82, 2.24) is 10.2 Å². The summed E-state index contributed by atoms with van der Waals surface area (Å²) in [5.74, 6) is 1.87. The van der Waals surface area contributed by atoms with E-state index < -0.39 is 0 Å². The van der Waals surface area contributed by atoms with E-state index in [1.807, 2.05) is 0 Å². The van der Waals surface area contributed by atoms with Crippen molar-refractivity contribution < 1.29 is 0 Å². The van der Waals surface area contributed by atoms with Crippen LogP contribution < -0.4 is 5.32 Å². The minimum Gasteiger partial charge on any atom is -0.316 e. The molecule has 2 rings (SSSR count). The first-order chi connectivity index (χ1) is 8.31. The molecule has 0 amide bonds. The SMILES string of the molecule is CCN(CC1CCCNC1)C(C)C1CCCC1. The van der Waals surface area contributed by atoms with Crippen LogP contribution in [-0.2, 0) is 0 Å². The summed E-state index contributed by atoms with van der Waals surface area (Å²) >= 11 is 0. The smallest absolute Gasteiger partial charge is 0.00952 e. The van der Waals surface area contributed by atoms with Crippen LogP contribution in [0.3, 0.4) is 0 Å². The fraction of sp³-hybridized carbons (Fsp3) is 1.00. The highest BCUT2D eigenvalue weighted by molar-refractivity contribution is 4.82. The highest BCUT2D eigenvalue weighted by Gasteiger charge is 2.27. The van der Waals surface area contributed by atoms with Crippen molar-refractivity contribution in [3.63, 3.8) is 0 Å². The zero-order valence-electron chi connectivity index (χ0n) is 11.8. The fourth-order valence-electron chi connectivity index (χ4n) is 3.73. The summed E-state index contributed by atoms with van der Waals surface area (Å²) in [6.45, 7) is 9.83. The van der Waals surface area contributed by atoms with Crippen molar-refractivity contribution in [3.05, 3.63) is 0 Å². The van der Waals surface area contributed by atoms with Gasteiger partial charge in [0.2, 0.25) is 0 Å². The molecule has 2 atom stereocenters. The maximum atomic E-state index is 3.55. The molecule has 17 heavy (non-hydrogen) atoms. The average Bonchev–Trinajstić information content (AvgIpc) is 2.90. The molecule has 2 fully saturated rings. The Hall–Kier alpha value is -0.0800. The lowest BCUT2D eigenvalue weighted by Crippen LogP contribution is -2.44. The van der Waals surface area contributed by atoms with Gasteiger partial charge in [0.25, 0.3) is 0 Å².